The van der Waals surface area contributed by atoms with Crippen molar-refractivity contribution in [3.05, 3.63) is 46.6 Å². The lowest BCUT2D eigenvalue weighted by molar-refractivity contribution is -0.898. The van der Waals surface area contributed by atoms with Crippen LogP contribution in [0.3, 0.4) is 0 Å². The number of aromatic nitrogens is 2. The lowest BCUT2D eigenvalue weighted by Crippen LogP contribution is -3.14. The van der Waals surface area contributed by atoms with Crippen LogP contribution in [0.15, 0.2) is 35.2 Å². The molecular formula is C21H27N4S2+. The van der Waals surface area contributed by atoms with Gasteiger partial charge in [-0.1, -0.05) is 18.2 Å². The van der Waals surface area contributed by atoms with Gasteiger partial charge in [0.05, 0.1) is 43.9 Å². The van der Waals surface area contributed by atoms with E-state index >= 15 is 0 Å². The summed E-state index contributed by atoms with van der Waals surface area (Å²) in [6.07, 6.45) is 0. The van der Waals surface area contributed by atoms with E-state index in [0.29, 0.717) is 0 Å². The Morgan fingerprint density at radius 3 is 2.56 bits per heavy atom. The number of aryl methyl sites for hydroxylation is 2. The Kier molecular flexibility index (Phi) is 5.66. The van der Waals surface area contributed by atoms with E-state index in [9.17, 15) is 0 Å². The summed E-state index contributed by atoms with van der Waals surface area (Å²) in [7, 11) is 0. The van der Waals surface area contributed by atoms with Crippen molar-refractivity contribution in [3.63, 3.8) is 0 Å². The molecule has 0 aliphatic carbocycles. The summed E-state index contributed by atoms with van der Waals surface area (Å²) in [5.41, 5.74) is 1.34. The van der Waals surface area contributed by atoms with Gasteiger partial charge >= 0.3 is 0 Å². The summed E-state index contributed by atoms with van der Waals surface area (Å²) in [6, 6.07) is 10.5. The SMILES string of the molecule is CC[NH+]1CCN(c2nc(CSc3ccccc3)nc3sc(C)c(C)c23)CC1. The average molecular weight is 400 g/mol. The molecule has 4 nitrogen and oxygen atoms in total. The normalized spacial score (nSPS) is 15.6. The highest BCUT2D eigenvalue weighted by Crippen LogP contribution is 2.35. The van der Waals surface area contributed by atoms with E-state index in [2.05, 4.69) is 56.0 Å². The quantitative estimate of drug-likeness (QED) is 0.667. The first-order valence-corrected chi connectivity index (χ1v) is 11.5. The monoisotopic (exact) mass is 399 g/mol. The molecule has 142 valence electrons. The van der Waals surface area contributed by atoms with Crippen LogP contribution in [0.1, 0.15) is 23.2 Å². The molecule has 0 bridgehead atoms. The first kappa shape index (κ1) is 18.7. The van der Waals surface area contributed by atoms with Gasteiger partial charge < -0.3 is 9.80 Å². The number of thiophene rings is 1. The Labute approximate surface area is 169 Å². The van der Waals surface area contributed by atoms with Crippen molar-refractivity contribution in [3.8, 4) is 0 Å². The average Bonchev–Trinajstić information content (AvgIpc) is 3.00. The summed E-state index contributed by atoms with van der Waals surface area (Å²) >= 11 is 3.62. The molecule has 4 rings (SSSR count). The molecule has 1 aliphatic rings. The number of piperazine rings is 1. The molecule has 3 aromatic rings. The van der Waals surface area contributed by atoms with Crippen molar-refractivity contribution >= 4 is 39.1 Å². The third-order valence-electron chi connectivity index (χ3n) is 5.44. The molecule has 1 fully saturated rings. The predicted molar refractivity (Wildman–Crippen MR) is 116 cm³/mol. The van der Waals surface area contributed by atoms with Crippen molar-refractivity contribution in [1.82, 2.24) is 9.97 Å². The molecule has 0 unspecified atom stereocenters. The van der Waals surface area contributed by atoms with Crippen LogP contribution < -0.4 is 9.80 Å². The van der Waals surface area contributed by atoms with E-state index in [4.69, 9.17) is 9.97 Å². The van der Waals surface area contributed by atoms with Crippen LogP contribution in [0.25, 0.3) is 10.2 Å². The van der Waals surface area contributed by atoms with Gasteiger partial charge in [-0.05, 0) is 38.5 Å². The van der Waals surface area contributed by atoms with E-state index in [1.54, 1.807) is 16.2 Å². The molecule has 0 saturated carbocycles. The van der Waals surface area contributed by atoms with Crippen LogP contribution in [0, 0.1) is 13.8 Å². The number of rotatable bonds is 5. The fourth-order valence-corrected chi connectivity index (χ4v) is 5.43. The van der Waals surface area contributed by atoms with Crippen LogP contribution in [0.4, 0.5) is 5.82 Å². The molecule has 2 aromatic heterocycles. The Hall–Kier alpha value is -1.63. The van der Waals surface area contributed by atoms with Gasteiger partial charge in [0, 0.05) is 9.77 Å². The smallest absolute Gasteiger partial charge is 0.142 e. The highest BCUT2D eigenvalue weighted by molar-refractivity contribution is 7.98. The largest absolute Gasteiger partial charge is 0.345 e. The number of hydrogen-bond acceptors (Lipinski definition) is 5. The Bertz CT molecular complexity index is 915. The molecule has 1 aliphatic heterocycles. The van der Waals surface area contributed by atoms with Gasteiger partial charge in [0.2, 0.25) is 0 Å². The number of benzene rings is 1. The van der Waals surface area contributed by atoms with Crippen LogP contribution in [-0.2, 0) is 5.75 Å². The number of nitrogens with zero attached hydrogens (tertiary/aromatic N) is 3. The van der Waals surface area contributed by atoms with Crippen LogP contribution >= 0.6 is 23.1 Å². The zero-order valence-electron chi connectivity index (χ0n) is 16.3. The van der Waals surface area contributed by atoms with Gasteiger partial charge in [0.1, 0.15) is 16.5 Å². The molecular weight excluding hydrogens is 372 g/mol. The second-order valence-electron chi connectivity index (χ2n) is 7.12. The van der Waals surface area contributed by atoms with Crippen LogP contribution in [0.5, 0.6) is 0 Å². The third-order valence-corrected chi connectivity index (χ3v) is 7.55. The number of hydrogen-bond donors (Lipinski definition) is 1. The Morgan fingerprint density at radius 2 is 1.85 bits per heavy atom. The molecule has 1 aromatic carbocycles. The fraction of sp³-hybridized carbons (Fsp3) is 0.429. The summed E-state index contributed by atoms with van der Waals surface area (Å²) in [4.78, 5) is 17.9. The maximum atomic E-state index is 5.06. The zero-order chi connectivity index (χ0) is 18.8. The van der Waals surface area contributed by atoms with Crippen LogP contribution in [0.2, 0.25) is 0 Å². The van der Waals surface area contributed by atoms with Gasteiger partial charge in [-0.3, -0.25) is 0 Å². The van der Waals surface area contributed by atoms with Gasteiger partial charge in [0.15, 0.2) is 0 Å². The molecule has 0 spiro atoms. The van der Waals surface area contributed by atoms with E-state index in [1.165, 1.54) is 40.4 Å². The fourth-order valence-electron chi connectivity index (χ4n) is 3.62. The van der Waals surface area contributed by atoms with Gasteiger partial charge in [0.25, 0.3) is 0 Å². The molecule has 3 heterocycles. The highest BCUT2D eigenvalue weighted by atomic mass is 32.2. The van der Waals surface area contributed by atoms with E-state index < -0.39 is 0 Å². The van der Waals surface area contributed by atoms with Crippen molar-refractivity contribution in [1.29, 1.82) is 0 Å². The van der Waals surface area contributed by atoms with Crippen molar-refractivity contribution in [2.45, 2.75) is 31.4 Å². The molecule has 0 amide bonds. The zero-order valence-corrected chi connectivity index (χ0v) is 17.9. The topological polar surface area (TPSA) is 33.5 Å². The standard InChI is InChI=1S/C21H26N4S2/c1-4-24-10-12-25(13-11-24)20-19-15(2)16(3)27-21(19)23-18(22-20)14-26-17-8-6-5-7-9-17/h5-9H,4,10-14H2,1-3H3/p+1. The van der Waals surface area contributed by atoms with Crippen LogP contribution in [-0.4, -0.2) is 42.7 Å². The molecule has 1 N–H and O–H groups in total. The van der Waals surface area contributed by atoms with Gasteiger partial charge in [-0.15, -0.1) is 23.1 Å². The first-order valence-electron chi connectivity index (χ1n) is 9.68. The maximum Gasteiger partial charge on any atom is 0.142 e. The summed E-state index contributed by atoms with van der Waals surface area (Å²) < 4.78 is 0. The first-order chi connectivity index (χ1) is 13.2. The minimum absolute atomic E-state index is 0.809. The minimum atomic E-state index is 0.809. The maximum absolute atomic E-state index is 5.06. The Balaban J connectivity index is 1.65. The van der Waals surface area contributed by atoms with Crippen molar-refractivity contribution in [2.75, 3.05) is 37.6 Å². The second-order valence-corrected chi connectivity index (χ2v) is 9.37. The number of thioether (sulfide) groups is 1. The molecule has 0 radical (unpaired) electrons. The van der Waals surface area contributed by atoms with Crippen molar-refractivity contribution < 1.29 is 4.90 Å². The van der Waals surface area contributed by atoms with E-state index in [-0.39, 0.29) is 0 Å². The minimum Gasteiger partial charge on any atom is -0.345 e. The number of quaternary nitrogens is 1. The number of nitrogens with one attached hydrogen (secondary N) is 1. The number of anilines is 1. The second kappa shape index (κ2) is 8.17. The molecule has 6 heteroatoms. The highest BCUT2D eigenvalue weighted by Gasteiger charge is 2.24. The summed E-state index contributed by atoms with van der Waals surface area (Å²) in [5.74, 6) is 2.90. The van der Waals surface area contributed by atoms with E-state index in [1.807, 2.05) is 11.8 Å². The number of likely N-dealkylation sites (N-methyl/N-ethyl adjacent to an activating group) is 1. The van der Waals surface area contributed by atoms with E-state index in [0.717, 1.165) is 35.3 Å². The van der Waals surface area contributed by atoms with Gasteiger partial charge in [-0.25, -0.2) is 9.97 Å². The lowest BCUT2D eigenvalue weighted by atomic mass is 10.2. The third kappa shape index (κ3) is 3.98. The Morgan fingerprint density at radius 1 is 1.11 bits per heavy atom. The number of fused-ring (bicyclic) bond motifs is 1. The summed E-state index contributed by atoms with van der Waals surface area (Å²) in [5, 5.41) is 1.27. The predicted octanol–water partition coefficient (Wildman–Crippen LogP) is 3.33. The molecule has 0 atom stereocenters. The van der Waals surface area contributed by atoms with Crippen molar-refractivity contribution in [2.24, 2.45) is 0 Å². The lowest BCUT2D eigenvalue weighted by Gasteiger charge is -2.33. The van der Waals surface area contributed by atoms with Gasteiger partial charge in [-0.2, -0.15) is 0 Å². The molecule has 1 saturated heterocycles. The molecule has 27 heavy (non-hydrogen) atoms. The summed E-state index contributed by atoms with van der Waals surface area (Å²) in [6.45, 7) is 12.4.